The highest BCUT2D eigenvalue weighted by Gasteiger charge is 2.17. The van der Waals surface area contributed by atoms with Crippen molar-refractivity contribution < 1.29 is 4.74 Å². The third kappa shape index (κ3) is 3.11. The van der Waals surface area contributed by atoms with E-state index in [1.807, 2.05) is 17.4 Å². The molecule has 1 aliphatic carbocycles. The van der Waals surface area contributed by atoms with Crippen molar-refractivity contribution in [3.63, 3.8) is 0 Å². The van der Waals surface area contributed by atoms with Gasteiger partial charge in [-0.05, 0) is 49.8 Å². The molecule has 3 nitrogen and oxygen atoms in total. The van der Waals surface area contributed by atoms with E-state index in [-0.39, 0.29) is 6.04 Å². The van der Waals surface area contributed by atoms with Crippen molar-refractivity contribution in [1.82, 2.24) is 4.98 Å². The fourth-order valence-corrected chi connectivity index (χ4v) is 4.15. The number of rotatable bonds is 4. The van der Waals surface area contributed by atoms with Gasteiger partial charge in [-0.25, -0.2) is 4.98 Å². The predicted molar refractivity (Wildman–Crippen MR) is 87.1 cm³/mol. The highest BCUT2D eigenvalue weighted by atomic mass is 32.1. The minimum Gasteiger partial charge on any atom is -0.496 e. The average molecular weight is 302 g/mol. The number of benzene rings is 1. The largest absolute Gasteiger partial charge is 0.496 e. The Labute approximate surface area is 130 Å². The summed E-state index contributed by atoms with van der Waals surface area (Å²) in [5.41, 5.74) is 9.97. The van der Waals surface area contributed by atoms with Crippen molar-refractivity contribution in [3.8, 4) is 5.75 Å². The van der Waals surface area contributed by atoms with Gasteiger partial charge >= 0.3 is 0 Å². The molecule has 0 bridgehead atoms. The number of aryl methyl sites for hydroxylation is 3. The normalized spacial score (nSPS) is 15.6. The van der Waals surface area contributed by atoms with Gasteiger partial charge in [0.15, 0.2) is 0 Å². The van der Waals surface area contributed by atoms with E-state index in [0.717, 1.165) is 29.7 Å². The van der Waals surface area contributed by atoms with Crippen LogP contribution in [0.15, 0.2) is 18.2 Å². The van der Waals surface area contributed by atoms with Gasteiger partial charge in [-0.3, -0.25) is 0 Å². The second-order valence-corrected chi connectivity index (χ2v) is 6.89. The van der Waals surface area contributed by atoms with Crippen LogP contribution in [-0.4, -0.2) is 12.1 Å². The summed E-state index contributed by atoms with van der Waals surface area (Å²) in [4.78, 5) is 6.27. The number of hydrogen-bond donors (Lipinski definition) is 1. The molecule has 0 aliphatic heterocycles. The Morgan fingerprint density at radius 3 is 2.86 bits per heavy atom. The molecule has 2 aromatic rings. The van der Waals surface area contributed by atoms with Gasteiger partial charge < -0.3 is 10.5 Å². The molecule has 0 saturated heterocycles. The van der Waals surface area contributed by atoms with E-state index in [0.29, 0.717) is 0 Å². The number of methoxy groups -OCH3 is 1. The molecule has 1 atom stereocenters. The molecule has 2 N–H and O–H groups in total. The molecule has 0 amide bonds. The van der Waals surface area contributed by atoms with Gasteiger partial charge in [0.2, 0.25) is 0 Å². The molecule has 1 unspecified atom stereocenters. The first-order valence-electron chi connectivity index (χ1n) is 7.55. The average Bonchev–Trinajstić information content (AvgIpc) is 2.89. The molecule has 1 aromatic heterocycles. The van der Waals surface area contributed by atoms with Gasteiger partial charge in [0, 0.05) is 17.3 Å². The Morgan fingerprint density at radius 1 is 1.33 bits per heavy atom. The number of ether oxygens (including phenoxy) is 1. The van der Waals surface area contributed by atoms with Gasteiger partial charge in [0.25, 0.3) is 0 Å². The molecular weight excluding hydrogens is 280 g/mol. The van der Waals surface area contributed by atoms with Crippen molar-refractivity contribution in [2.75, 3.05) is 7.11 Å². The minimum absolute atomic E-state index is 0.00205. The van der Waals surface area contributed by atoms with Crippen LogP contribution in [0.2, 0.25) is 0 Å². The summed E-state index contributed by atoms with van der Waals surface area (Å²) in [6.07, 6.45) is 5.74. The van der Waals surface area contributed by atoms with Gasteiger partial charge in [0.1, 0.15) is 5.75 Å². The fraction of sp³-hybridized carbons (Fsp3) is 0.471. The molecule has 0 saturated carbocycles. The zero-order chi connectivity index (χ0) is 14.8. The molecule has 1 aromatic carbocycles. The van der Waals surface area contributed by atoms with E-state index in [9.17, 15) is 0 Å². The lowest BCUT2D eigenvalue weighted by Gasteiger charge is -2.13. The number of hydrogen-bond acceptors (Lipinski definition) is 4. The SMILES string of the molecule is COc1ccc(C(N)Cc2nc3c(s2)CCCC3)cc1C. The summed E-state index contributed by atoms with van der Waals surface area (Å²) in [7, 11) is 1.70. The lowest BCUT2D eigenvalue weighted by atomic mass is 10.0. The Balaban J connectivity index is 1.75. The van der Waals surface area contributed by atoms with Crippen LogP contribution < -0.4 is 10.5 Å². The van der Waals surface area contributed by atoms with Crippen molar-refractivity contribution in [2.24, 2.45) is 5.73 Å². The molecule has 1 aliphatic rings. The molecule has 1 heterocycles. The predicted octanol–water partition coefficient (Wildman–Crippen LogP) is 3.58. The van der Waals surface area contributed by atoms with E-state index in [4.69, 9.17) is 15.5 Å². The van der Waals surface area contributed by atoms with Crippen LogP contribution in [0.1, 0.15) is 45.6 Å². The quantitative estimate of drug-likeness (QED) is 0.939. The Hall–Kier alpha value is -1.39. The lowest BCUT2D eigenvalue weighted by molar-refractivity contribution is 0.411. The molecule has 0 spiro atoms. The van der Waals surface area contributed by atoms with Crippen LogP contribution in [0.4, 0.5) is 0 Å². The molecule has 21 heavy (non-hydrogen) atoms. The summed E-state index contributed by atoms with van der Waals surface area (Å²) >= 11 is 1.85. The molecule has 4 heteroatoms. The van der Waals surface area contributed by atoms with Gasteiger partial charge in [-0.1, -0.05) is 12.1 Å². The van der Waals surface area contributed by atoms with Crippen LogP contribution in [0.5, 0.6) is 5.75 Å². The fourth-order valence-electron chi connectivity index (χ4n) is 2.93. The summed E-state index contributed by atoms with van der Waals surface area (Å²) in [6.45, 7) is 2.05. The molecule has 112 valence electrons. The van der Waals surface area contributed by atoms with Crippen LogP contribution in [0.25, 0.3) is 0 Å². The van der Waals surface area contributed by atoms with Gasteiger partial charge in [-0.15, -0.1) is 11.3 Å². The maximum absolute atomic E-state index is 6.37. The third-order valence-corrected chi connectivity index (χ3v) is 5.31. The topological polar surface area (TPSA) is 48.1 Å². The minimum atomic E-state index is 0.00205. The van der Waals surface area contributed by atoms with Crippen molar-refractivity contribution in [3.05, 3.63) is 44.9 Å². The van der Waals surface area contributed by atoms with Crippen LogP contribution >= 0.6 is 11.3 Å². The lowest BCUT2D eigenvalue weighted by Crippen LogP contribution is -2.13. The monoisotopic (exact) mass is 302 g/mol. The molecule has 0 radical (unpaired) electrons. The standard InChI is InChI=1S/C17H22N2OS/c1-11-9-12(7-8-15(11)20-2)13(18)10-17-19-14-5-3-4-6-16(14)21-17/h7-9,13H,3-6,10,18H2,1-2H3. The Bertz CT molecular complexity index is 612. The first-order chi connectivity index (χ1) is 10.2. The highest BCUT2D eigenvalue weighted by molar-refractivity contribution is 7.11. The second kappa shape index (κ2) is 6.16. The van der Waals surface area contributed by atoms with E-state index in [1.165, 1.54) is 34.8 Å². The highest BCUT2D eigenvalue weighted by Crippen LogP contribution is 2.29. The van der Waals surface area contributed by atoms with Crippen molar-refractivity contribution >= 4 is 11.3 Å². The summed E-state index contributed by atoms with van der Waals surface area (Å²) in [5, 5.41) is 1.18. The van der Waals surface area contributed by atoms with Crippen LogP contribution in [0.3, 0.4) is 0 Å². The summed E-state index contributed by atoms with van der Waals surface area (Å²) in [5.74, 6) is 0.913. The Morgan fingerprint density at radius 2 is 2.14 bits per heavy atom. The van der Waals surface area contributed by atoms with E-state index in [1.54, 1.807) is 7.11 Å². The number of aromatic nitrogens is 1. The maximum Gasteiger partial charge on any atom is 0.121 e. The van der Waals surface area contributed by atoms with Gasteiger partial charge in [0.05, 0.1) is 17.8 Å². The first kappa shape index (κ1) is 14.5. The van der Waals surface area contributed by atoms with E-state index < -0.39 is 0 Å². The maximum atomic E-state index is 6.37. The number of nitrogens with two attached hydrogens (primary N) is 1. The zero-order valence-corrected chi connectivity index (χ0v) is 13.5. The number of thiazole rings is 1. The zero-order valence-electron chi connectivity index (χ0n) is 12.7. The number of fused-ring (bicyclic) bond motifs is 1. The Kier molecular flexibility index (Phi) is 4.27. The molecule has 3 rings (SSSR count). The number of nitrogens with zero attached hydrogens (tertiary/aromatic N) is 1. The van der Waals surface area contributed by atoms with Crippen molar-refractivity contribution in [2.45, 2.75) is 45.1 Å². The van der Waals surface area contributed by atoms with E-state index in [2.05, 4.69) is 19.1 Å². The van der Waals surface area contributed by atoms with Crippen LogP contribution in [0, 0.1) is 6.92 Å². The molecule has 0 fully saturated rings. The third-order valence-electron chi connectivity index (χ3n) is 4.13. The van der Waals surface area contributed by atoms with E-state index >= 15 is 0 Å². The van der Waals surface area contributed by atoms with Gasteiger partial charge in [-0.2, -0.15) is 0 Å². The van der Waals surface area contributed by atoms with Crippen LogP contribution in [-0.2, 0) is 19.3 Å². The summed E-state index contributed by atoms with van der Waals surface area (Å²) in [6, 6.07) is 6.18. The second-order valence-electron chi connectivity index (χ2n) is 5.72. The smallest absolute Gasteiger partial charge is 0.121 e. The summed E-state index contributed by atoms with van der Waals surface area (Å²) < 4.78 is 5.30. The molecular formula is C17H22N2OS. The first-order valence-corrected chi connectivity index (χ1v) is 8.36. The van der Waals surface area contributed by atoms with Crippen molar-refractivity contribution in [1.29, 1.82) is 0 Å².